The predicted octanol–water partition coefficient (Wildman–Crippen LogP) is 0.889. The van der Waals surface area contributed by atoms with Gasteiger partial charge >= 0.3 is 0 Å². The van der Waals surface area contributed by atoms with Gasteiger partial charge in [-0.1, -0.05) is 30.3 Å². The standard InChI is InChI=1S/C18H28N4O2/c1-22(2)17(23)13-21-18(20-12-16-9-11-24-14-16)19-10-8-15-6-4-3-5-7-15/h3-7,16H,8-14H2,1-2H3,(H2,19,20,21). The number of carbonyl (C=O) groups excluding carboxylic acids is 1. The van der Waals surface area contributed by atoms with Crippen LogP contribution in [0.25, 0.3) is 0 Å². The molecular weight excluding hydrogens is 304 g/mol. The molecule has 0 aliphatic carbocycles. The first-order valence-electron chi connectivity index (χ1n) is 8.49. The number of carbonyl (C=O) groups is 1. The maximum atomic E-state index is 11.7. The van der Waals surface area contributed by atoms with Gasteiger partial charge in [-0.05, 0) is 18.4 Å². The van der Waals surface area contributed by atoms with Gasteiger partial charge in [0, 0.05) is 39.7 Å². The molecule has 1 aromatic rings. The summed E-state index contributed by atoms with van der Waals surface area (Å²) in [6, 6.07) is 10.3. The molecule has 6 nitrogen and oxygen atoms in total. The number of rotatable bonds is 7. The van der Waals surface area contributed by atoms with Gasteiger partial charge in [0.05, 0.1) is 6.61 Å². The molecule has 2 N–H and O–H groups in total. The molecule has 1 atom stereocenters. The normalized spacial score (nSPS) is 17.6. The van der Waals surface area contributed by atoms with Crippen LogP contribution in [-0.2, 0) is 16.0 Å². The summed E-state index contributed by atoms with van der Waals surface area (Å²) in [6.45, 7) is 3.36. The van der Waals surface area contributed by atoms with Crippen LogP contribution in [0.1, 0.15) is 12.0 Å². The summed E-state index contributed by atoms with van der Waals surface area (Å²) in [6.07, 6.45) is 1.98. The fourth-order valence-electron chi connectivity index (χ4n) is 2.42. The summed E-state index contributed by atoms with van der Waals surface area (Å²) in [5.41, 5.74) is 1.28. The number of hydrogen-bond donors (Lipinski definition) is 2. The van der Waals surface area contributed by atoms with E-state index >= 15 is 0 Å². The van der Waals surface area contributed by atoms with E-state index in [2.05, 4.69) is 27.8 Å². The average molecular weight is 332 g/mol. The first kappa shape index (κ1) is 18.3. The predicted molar refractivity (Wildman–Crippen MR) is 96.1 cm³/mol. The van der Waals surface area contributed by atoms with Crippen LogP contribution in [0.2, 0.25) is 0 Å². The molecule has 1 heterocycles. The third-order valence-electron chi connectivity index (χ3n) is 4.00. The lowest BCUT2D eigenvalue weighted by Crippen LogP contribution is -2.41. The highest BCUT2D eigenvalue weighted by molar-refractivity contribution is 5.84. The molecule has 0 spiro atoms. The smallest absolute Gasteiger partial charge is 0.243 e. The zero-order chi connectivity index (χ0) is 17.2. The Kier molecular flexibility index (Phi) is 7.55. The lowest BCUT2D eigenvalue weighted by molar-refractivity contribution is -0.127. The molecule has 1 aliphatic rings. The molecule has 1 amide bonds. The maximum absolute atomic E-state index is 11.7. The molecule has 0 bridgehead atoms. The first-order chi connectivity index (χ1) is 11.6. The Balaban J connectivity index is 1.83. The summed E-state index contributed by atoms with van der Waals surface area (Å²) >= 11 is 0. The van der Waals surface area contributed by atoms with Crippen LogP contribution in [-0.4, -0.2) is 63.7 Å². The highest BCUT2D eigenvalue weighted by Crippen LogP contribution is 2.10. The number of amides is 1. The molecule has 6 heteroatoms. The maximum Gasteiger partial charge on any atom is 0.243 e. The summed E-state index contributed by atoms with van der Waals surface area (Å²) in [7, 11) is 3.48. The second-order valence-corrected chi connectivity index (χ2v) is 6.23. The second-order valence-electron chi connectivity index (χ2n) is 6.23. The Morgan fingerprint density at radius 2 is 2.08 bits per heavy atom. The second kappa shape index (κ2) is 9.93. The molecule has 2 rings (SSSR count). The van der Waals surface area contributed by atoms with Crippen molar-refractivity contribution < 1.29 is 9.53 Å². The van der Waals surface area contributed by atoms with Crippen LogP contribution in [0.15, 0.2) is 35.3 Å². The monoisotopic (exact) mass is 332 g/mol. The van der Waals surface area contributed by atoms with Crippen molar-refractivity contribution in [1.82, 2.24) is 15.5 Å². The van der Waals surface area contributed by atoms with Crippen molar-refractivity contribution in [2.75, 3.05) is 46.9 Å². The number of likely N-dealkylation sites (N-methyl/N-ethyl adjacent to an activating group) is 1. The van der Waals surface area contributed by atoms with Crippen LogP contribution in [0.3, 0.4) is 0 Å². The lowest BCUT2D eigenvalue weighted by Gasteiger charge is -2.16. The quantitative estimate of drug-likeness (QED) is 0.575. The Morgan fingerprint density at radius 1 is 1.29 bits per heavy atom. The Morgan fingerprint density at radius 3 is 2.75 bits per heavy atom. The van der Waals surface area contributed by atoms with Crippen molar-refractivity contribution in [2.45, 2.75) is 12.8 Å². The van der Waals surface area contributed by atoms with E-state index in [1.807, 2.05) is 18.2 Å². The topological polar surface area (TPSA) is 66.0 Å². The number of benzene rings is 1. The molecule has 0 radical (unpaired) electrons. The molecule has 132 valence electrons. The number of nitrogens with one attached hydrogen (secondary N) is 2. The van der Waals surface area contributed by atoms with Crippen molar-refractivity contribution in [1.29, 1.82) is 0 Å². The fraction of sp³-hybridized carbons (Fsp3) is 0.556. The third-order valence-corrected chi connectivity index (χ3v) is 4.00. The zero-order valence-corrected chi connectivity index (χ0v) is 14.6. The zero-order valence-electron chi connectivity index (χ0n) is 14.6. The van der Waals surface area contributed by atoms with Crippen LogP contribution < -0.4 is 10.6 Å². The third kappa shape index (κ3) is 6.58. The van der Waals surface area contributed by atoms with Crippen molar-refractivity contribution in [3.05, 3.63) is 35.9 Å². The Labute approximate surface area is 144 Å². The van der Waals surface area contributed by atoms with Gasteiger partial charge in [0.1, 0.15) is 6.54 Å². The first-order valence-corrected chi connectivity index (χ1v) is 8.49. The van der Waals surface area contributed by atoms with Gasteiger partial charge < -0.3 is 20.3 Å². The number of aliphatic imine (C=N–C) groups is 1. The van der Waals surface area contributed by atoms with E-state index in [1.165, 1.54) is 5.56 Å². The largest absolute Gasteiger partial charge is 0.381 e. The summed E-state index contributed by atoms with van der Waals surface area (Å²) in [4.78, 5) is 17.7. The van der Waals surface area contributed by atoms with Crippen molar-refractivity contribution in [3.8, 4) is 0 Å². The van der Waals surface area contributed by atoms with Crippen molar-refractivity contribution >= 4 is 11.9 Å². The van der Waals surface area contributed by atoms with E-state index in [-0.39, 0.29) is 12.5 Å². The van der Waals surface area contributed by atoms with E-state index in [0.29, 0.717) is 11.9 Å². The van der Waals surface area contributed by atoms with Gasteiger partial charge in [-0.3, -0.25) is 4.79 Å². The molecule has 1 fully saturated rings. The summed E-state index contributed by atoms with van der Waals surface area (Å²) < 4.78 is 5.40. The lowest BCUT2D eigenvalue weighted by atomic mass is 10.1. The molecular formula is C18H28N4O2. The van der Waals surface area contributed by atoms with E-state index in [4.69, 9.17) is 4.74 Å². The highest BCUT2D eigenvalue weighted by Gasteiger charge is 2.15. The molecule has 0 saturated carbocycles. The minimum absolute atomic E-state index is 0.0108. The number of ether oxygens (including phenoxy) is 1. The van der Waals surface area contributed by atoms with Gasteiger partial charge in [-0.2, -0.15) is 0 Å². The number of nitrogens with zero attached hydrogens (tertiary/aromatic N) is 2. The number of hydrogen-bond acceptors (Lipinski definition) is 3. The highest BCUT2D eigenvalue weighted by atomic mass is 16.5. The van der Waals surface area contributed by atoms with E-state index in [0.717, 1.165) is 39.1 Å². The Bertz CT molecular complexity index is 525. The minimum Gasteiger partial charge on any atom is -0.381 e. The number of guanidine groups is 1. The van der Waals surface area contributed by atoms with Crippen LogP contribution >= 0.6 is 0 Å². The summed E-state index contributed by atoms with van der Waals surface area (Å²) in [5, 5.41) is 6.64. The van der Waals surface area contributed by atoms with E-state index < -0.39 is 0 Å². The Hall–Kier alpha value is -2.08. The average Bonchev–Trinajstić information content (AvgIpc) is 3.10. The van der Waals surface area contributed by atoms with Gasteiger partial charge in [0.2, 0.25) is 5.91 Å². The van der Waals surface area contributed by atoms with Gasteiger partial charge in [-0.15, -0.1) is 0 Å². The fourth-order valence-corrected chi connectivity index (χ4v) is 2.42. The minimum atomic E-state index is -0.0108. The molecule has 24 heavy (non-hydrogen) atoms. The van der Waals surface area contributed by atoms with Gasteiger partial charge in [-0.25, -0.2) is 4.99 Å². The molecule has 1 saturated heterocycles. The molecule has 0 aromatic heterocycles. The summed E-state index contributed by atoms with van der Waals surface area (Å²) in [5.74, 6) is 1.19. The van der Waals surface area contributed by atoms with Crippen LogP contribution in [0, 0.1) is 5.92 Å². The van der Waals surface area contributed by atoms with Crippen LogP contribution in [0.5, 0.6) is 0 Å². The van der Waals surface area contributed by atoms with E-state index in [9.17, 15) is 4.79 Å². The molecule has 1 aliphatic heterocycles. The van der Waals surface area contributed by atoms with E-state index in [1.54, 1.807) is 19.0 Å². The van der Waals surface area contributed by atoms with Crippen molar-refractivity contribution in [3.63, 3.8) is 0 Å². The SMILES string of the molecule is CN(C)C(=O)CN=C(NCCc1ccccc1)NCC1CCOC1. The van der Waals surface area contributed by atoms with Gasteiger partial charge in [0.25, 0.3) is 0 Å². The molecule has 1 unspecified atom stereocenters. The van der Waals surface area contributed by atoms with Crippen LogP contribution in [0.4, 0.5) is 0 Å². The molecule has 1 aromatic carbocycles. The van der Waals surface area contributed by atoms with Gasteiger partial charge in [0.15, 0.2) is 5.96 Å². The van der Waals surface area contributed by atoms with Crippen molar-refractivity contribution in [2.24, 2.45) is 10.9 Å².